The van der Waals surface area contributed by atoms with Crippen LogP contribution in [0.5, 0.6) is 0 Å². The molecule has 0 aliphatic carbocycles. The number of aromatic nitrogens is 2. The fourth-order valence-corrected chi connectivity index (χ4v) is 1.76. The third-order valence-corrected chi connectivity index (χ3v) is 2.64. The third-order valence-electron chi connectivity index (χ3n) is 2.64. The summed E-state index contributed by atoms with van der Waals surface area (Å²) in [6.45, 7) is 8.67. The van der Waals surface area contributed by atoms with Crippen LogP contribution in [0, 0.1) is 5.41 Å². The molecule has 1 rings (SSSR count). The second-order valence-corrected chi connectivity index (χ2v) is 5.39. The maximum absolute atomic E-state index is 5.71. The van der Waals surface area contributed by atoms with E-state index in [-0.39, 0.29) is 5.41 Å². The van der Waals surface area contributed by atoms with Crippen LogP contribution >= 0.6 is 0 Å². The van der Waals surface area contributed by atoms with Crippen LogP contribution in [-0.4, -0.2) is 35.2 Å². The molecule has 0 unspecified atom stereocenters. The topological polar surface area (TPSA) is 68.2 Å². The molecule has 0 aliphatic heterocycles. The molecule has 0 saturated heterocycles. The van der Waals surface area contributed by atoms with Crippen LogP contribution in [0.4, 0.5) is 0 Å². The van der Waals surface area contributed by atoms with Gasteiger partial charge in [0.25, 0.3) is 0 Å². The highest BCUT2D eigenvalue weighted by molar-refractivity contribution is 4.86. The maximum Gasteiger partial charge on any atom is 0.240 e. The number of hydrogen-bond donors (Lipinski definition) is 1. The van der Waals surface area contributed by atoms with Crippen LogP contribution in [0.2, 0.25) is 0 Å². The molecule has 0 spiro atoms. The van der Waals surface area contributed by atoms with E-state index in [1.165, 1.54) is 0 Å². The smallest absolute Gasteiger partial charge is 0.240 e. The second-order valence-electron chi connectivity index (χ2n) is 5.39. The number of nitrogens with zero attached hydrogens (tertiary/aromatic N) is 3. The van der Waals surface area contributed by atoms with Gasteiger partial charge in [0.2, 0.25) is 5.89 Å². The monoisotopic (exact) mass is 240 g/mol. The largest absolute Gasteiger partial charge is 0.338 e. The minimum Gasteiger partial charge on any atom is -0.338 e. The summed E-state index contributed by atoms with van der Waals surface area (Å²) in [7, 11) is 2.04. The summed E-state index contributed by atoms with van der Waals surface area (Å²) in [5.41, 5.74) is 5.83. The van der Waals surface area contributed by atoms with Gasteiger partial charge in [0.1, 0.15) is 0 Å². The number of aryl methyl sites for hydroxylation is 1. The standard InChI is InChI=1S/C12H24N4O/c1-5-6-10-14-11(17-15-10)7-16(4)9-12(2,3)8-13/h5-9,13H2,1-4H3. The normalized spacial score (nSPS) is 12.4. The molecule has 0 saturated carbocycles. The summed E-state index contributed by atoms with van der Waals surface area (Å²) in [5.74, 6) is 1.48. The Morgan fingerprint density at radius 2 is 2.12 bits per heavy atom. The van der Waals surface area contributed by atoms with Crippen LogP contribution < -0.4 is 5.73 Å². The third kappa shape index (κ3) is 4.83. The van der Waals surface area contributed by atoms with Crippen molar-refractivity contribution in [3.63, 3.8) is 0 Å². The van der Waals surface area contributed by atoms with Gasteiger partial charge in [-0.2, -0.15) is 4.98 Å². The molecule has 0 radical (unpaired) electrons. The summed E-state index contributed by atoms with van der Waals surface area (Å²) >= 11 is 0. The van der Waals surface area contributed by atoms with Crippen molar-refractivity contribution in [2.24, 2.45) is 11.1 Å². The van der Waals surface area contributed by atoms with Crippen molar-refractivity contribution < 1.29 is 4.52 Å². The molecule has 0 aromatic carbocycles. The Labute approximate surface area is 103 Å². The van der Waals surface area contributed by atoms with E-state index in [2.05, 4.69) is 35.8 Å². The summed E-state index contributed by atoms with van der Waals surface area (Å²) in [4.78, 5) is 6.51. The Bertz CT molecular complexity index is 335. The van der Waals surface area contributed by atoms with E-state index in [1.807, 2.05) is 7.05 Å². The molecule has 2 N–H and O–H groups in total. The highest BCUT2D eigenvalue weighted by Crippen LogP contribution is 2.15. The minimum absolute atomic E-state index is 0.112. The molecule has 0 fully saturated rings. The average molecular weight is 240 g/mol. The summed E-state index contributed by atoms with van der Waals surface area (Å²) in [6.07, 6.45) is 1.91. The van der Waals surface area contributed by atoms with Gasteiger partial charge < -0.3 is 10.3 Å². The Kier molecular flexibility index (Phi) is 5.08. The first-order valence-corrected chi connectivity index (χ1v) is 6.17. The van der Waals surface area contributed by atoms with E-state index in [0.29, 0.717) is 19.0 Å². The molecule has 0 bridgehead atoms. The van der Waals surface area contributed by atoms with Gasteiger partial charge in [-0.15, -0.1) is 0 Å². The zero-order chi connectivity index (χ0) is 12.9. The average Bonchev–Trinajstić information content (AvgIpc) is 2.65. The van der Waals surface area contributed by atoms with Gasteiger partial charge in [-0.25, -0.2) is 0 Å². The number of hydrogen-bond acceptors (Lipinski definition) is 5. The summed E-state index contributed by atoms with van der Waals surface area (Å²) in [5, 5.41) is 3.94. The van der Waals surface area contributed by atoms with Crippen LogP contribution in [-0.2, 0) is 13.0 Å². The maximum atomic E-state index is 5.71. The molecular formula is C12H24N4O. The van der Waals surface area contributed by atoms with Crippen molar-refractivity contribution in [1.29, 1.82) is 0 Å². The fourth-order valence-electron chi connectivity index (χ4n) is 1.76. The first-order valence-electron chi connectivity index (χ1n) is 6.17. The molecule has 1 aromatic heterocycles. The molecule has 17 heavy (non-hydrogen) atoms. The highest BCUT2D eigenvalue weighted by Gasteiger charge is 2.19. The zero-order valence-electron chi connectivity index (χ0n) is 11.4. The van der Waals surface area contributed by atoms with Gasteiger partial charge in [-0.05, 0) is 25.4 Å². The van der Waals surface area contributed by atoms with Crippen LogP contribution in [0.1, 0.15) is 38.9 Å². The van der Waals surface area contributed by atoms with Gasteiger partial charge in [-0.1, -0.05) is 25.9 Å². The molecule has 1 heterocycles. The fraction of sp³-hybridized carbons (Fsp3) is 0.833. The van der Waals surface area contributed by atoms with Gasteiger partial charge in [0, 0.05) is 13.0 Å². The number of rotatable bonds is 7. The molecule has 5 heteroatoms. The predicted octanol–water partition coefficient (Wildman–Crippen LogP) is 1.44. The van der Waals surface area contributed by atoms with E-state index < -0.39 is 0 Å². The lowest BCUT2D eigenvalue weighted by Gasteiger charge is -2.27. The SMILES string of the molecule is CCCc1noc(CN(C)CC(C)(C)CN)n1. The van der Waals surface area contributed by atoms with Crippen molar-refractivity contribution in [3.8, 4) is 0 Å². The first kappa shape index (κ1) is 14.1. The van der Waals surface area contributed by atoms with Crippen molar-refractivity contribution >= 4 is 0 Å². The van der Waals surface area contributed by atoms with E-state index >= 15 is 0 Å². The first-order chi connectivity index (χ1) is 7.96. The van der Waals surface area contributed by atoms with Gasteiger partial charge in [-0.3, -0.25) is 4.90 Å². The minimum atomic E-state index is 0.112. The Morgan fingerprint density at radius 1 is 1.41 bits per heavy atom. The van der Waals surface area contributed by atoms with Crippen LogP contribution in [0.3, 0.4) is 0 Å². The zero-order valence-corrected chi connectivity index (χ0v) is 11.4. The number of nitrogens with two attached hydrogens (primary N) is 1. The van der Waals surface area contributed by atoms with E-state index in [4.69, 9.17) is 10.3 Å². The summed E-state index contributed by atoms with van der Waals surface area (Å²) in [6, 6.07) is 0. The molecule has 0 aliphatic rings. The second kappa shape index (κ2) is 6.12. The predicted molar refractivity (Wildman–Crippen MR) is 67.5 cm³/mol. The van der Waals surface area contributed by atoms with E-state index in [1.54, 1.807) is 0 Å². The van der Waals surface area contributed by atoms with E-state index in [0.717, 1.165) is 25.2 Å². The highest BCUT2D eigenvalue weighted by atomic mass is 16.5. The van der Waals surface area contributed by atoms with Crippen LogP contribution in [0.15, 0.2) is 4.52 Å². The molecule has 5 nitrogen and oxygen atoms in total. The molecule has 0 amide bonds. The van der Waals surface area contributed by atoms with Gasteiger partial charge in [0.05, 0.1) is 6.54 Å². The quantitative estimate of drug-likeness (QED) is 0.781. The Balaban J connectivity index is 2.47. The summed E-state index contributed by atoms with van der Waals surface area (Å²) < 4.78 is 5.20. The van der Waals surface area contributed by atoms with E-state index in [9.17, 15) is 0 Å². The Hall–Kier alpha value is -0.940. The molecule has 1 aromatic rings. The van der Waals surface area contributed by atoms with Crippen molar-refractivity contribution in [1.82, 2.24) is 15.0 Å². The van der Waals surface area contributed by atoms with Crippen molar-refractivity contribution in [3.05, 3.63) is 11.7 Å². The lowest BCUT2D eigenvalue weighted by molar-refractivity contribution is 0.189. The van der Waals surface area contributed by atoms with Crippen LogP contribution in [0.25, 0.3) is 0 Å². The lowest BCUT2D eigenvalue weighted by atomic mass is 9.93. The lowest BCUT2D eigenvalue weighted by Crippen LogP contribution is -2.36. The van der Waals surface area contributed by atoms with Gasteiger partial charge >= 0.3 is 0 Å². The molecule has 98 valence electrons. The van der Waals surface area contributed by atoms with Crippen molar-refractivity contribution in [2.45, 2.75) is 40.2 Å². The molecule has 0 atom stereocenters. The van der Waals surface area contributed by atoms with Crippen molar-refractivity contribution in [2.75, 3.05) is 20.1 Å². The molecular weight excluding hydrogens is 216 g/mol. The van der Waals surface area contributed by atoms with Gasteiger partial charge in [0.15, 0.2) is 5.82 Å². The Morgan fingerprint density at radius 3 is 2.71 bits per heavy atom.